The first-order chi connectivity index (χ1) is 8.33. The Bertz CT molecular complexity index is 649. The van der Waals surface area contributed by atoms with Gasteiger partial charge in [-0.1, -0.05) is 18.2 Å². The van der Waals surface area contributed by atoms with Gasteiger partial charge in [-0.05, 0) is 40.8 Å². The van der Waals surface area contributed by atoms with Crippen LogP contribution < -0.4 is 4.74 Å². The monoisotopic (exact) mass is 336 g/mol. The average Bonchev–Trinajstić information content (AvgIpc) is 2.73. The van der Waals surface area contributed by atoms with Crippen molar-refractivity contribution in [1.29, 1.82) is 0 Å². The lowest BCUT2D eigenvalue weighted by Gasteiger charge is -2.05. The lowest BCUT2D eigenvalue weighted by atomic mass is 10.3. The topological polar surface area (TPSA) is 26.5 Å². The molecule has 0 radical (unpaired) electrons. The van der Waals surface area contributed by atoms with E-state index in [0.717, 1.165) is 20.6 Å². The minimum absolute atomic E-state index is 0.821. The summed E-state index contributed by atoms with van der Waals surface area (Å²) in [6.07, 6.45) is 3.73. The molecule has 0 atom stereocenters. The molecule has 0 amide bonds. The van der Waals surface area contributed by atoms with Crippen molar-refractivity contribution in [1.82, 2.24) is 9.61 Å². The van der Waals surface area contributed by atoms with Gasteiger partial charge in [-0.2, -0.15) is 5.10 Å². The SMILES string of the molecule is Ic1cnn2ccc(Oc3ccccc3)cc12. The summed E-state index contributed by atoms with van der Waals surface area (Å²) in [5, 5.41) is 4.22. The number of para-hydroxylation sites is 1. The van der Waals surface area contributed by atoms with E-state index in [1.807, 2.05) is 59.4 Å². The van der Waals surface area contributed by atoms with Gasteiger partial charge >= 0.3 is 0 Å². The Balaban J connectivity index is 1.98. The fraction of sp³-hybridized carbons (Fsp3) is 0. The fourth-order valence-corrected chi connectivity index (χ4v) is 2.15. The molecule has 0 spiro atoms. The summed E-state index contributed by atoms with van der Waals surface area (Å²) in [6.45, 7) is 0. The number of pyridine rings is 1. The van der Waals surface area contributed by atoms with Crippen molar-refractivity contribution in [2.45, 2.75) is 0 Å². The van der Waals surface area contributed by atoms with Crippen LogP contribution in [0, 0.1) is 3.57 Å². The van der Waals surface area contributed by atoms with Crippen molar-refractivity contribution >= 4 is 28.1 Å². The predicted molar refractivity (Wildman–Crippen MR) is 74.4 cm³/mol. The molecule has 17 heavy (non-hydrogen) atoms. The number of aromatic nitrogens is 2. The first kappa shape index (κ1) is 10.6. The lowest BCUT2D eigenvalue weighted by molar-refractivity contribution is 0.482. The average molecular weight is 336 g/mol. The molecule has 2 aromatic heterocycles. The van der Waals surface area contributed by atoms with Crippen LogP contribution in [0.4, 0.5) is 0 Å². The molecule has 0 saturated carbocycles. The third-order valence-electron chi connectivity index (χ3n) is 2.42. The zero-order valence-electron chi connectivity index (χ0n) is 8.88. The van der Waals surface area contributed by atoms with Gasteiger partial charge in [-0.3, -0.25) is 0 Å². The zero-order chi connectivity index (χ0) is 11.7. The van der Waals surface area contributed by atoms with Gasteiger partial charge in [-0.15, -0.1) is 0 Å². The largest absolute Gasteiger partial charge is 0.457 e. The second-order valence-electron chi connectivity index (χ2n) is 3.60. The van der Waals surface area contributed by atoms with Crippen LogP contribution in [0.1, 0.15) is 0 Å². The molecule has 0 saturated heterocycles. The Labute approximate surface area is 112 Å². The third kappa shape index (κ3) is 2.12. The maximum absolute atomic E-state index is 5.77. The Morgan fingerprint density at radius 3 is 2.71 bits per heavy atom. The van der Waals surface area contributed by atoms with Crippen LogP contribution in [0.15, 0.2) is 54.9 Å². The van der Waals surface area contributed by atoms with Crippen molar-refractivity contribution in [3.05, 3.63) is 58.4 Å². The van der Waals surface area contributed by atoms with Crippen LogP contribution in [0.5, 0.6) is 11.5 Å². The molecule has 3 rings (SSSR count). The van der Waals surface area contributed by atoms with Crippen molar-refractivity contribution in [3.8, 4) is 11.5 Å². The lowest BCUT2D eigenvalue weighted by Crippen LogP contribution is -1.88. The molecule has 0 fully saturated rings. The van der Waals surface area contributed by atoms with Crippen LogP contribution in [-0.4, -0.2) is 9.61 Å². The van der Waals surface area contributed by atoms with E-state index >= 15 is 0 Å². The second-order valence-corrected chi connectivity index (χ2v) is 4.76. The molecular formula is C13H9IN2O. The molecule has 3 aromatic rings. The van der Waals surface area contributed by atoms with Gasteiger partial charge in [-0.25, -0.2) is 4.52 Å². The quantitative estimate of drug-likeness (QED) is 0.667. The minimum Gasteiger partial charge on any atom is -0.457 e. The summed E-state index contributed by atoms with van der Waals surface area (Å²) in [5.74, 6) is 1.66. The van der Waals surface area contributed by atoms with E-state index in [1.165, 1.54) is 0 Å². The smallest absolute Gasteiger partial charge is 0.131 e. The van der Waals surface area contributed by atoms with Crippen molar-refractivity contribution in [2.24, 2.45) is 0 Å². The summed E-state index contributed by atoms with van der Waals surface area (Å²) in [7, 11) is 0. The zero-order valence-corrected chi connectivity index (χ0v) is 11.0. The maximum Gasteiger partial charge on any atom is 0.131 e. The summed E-state index contributed by atoms with van der Waals surface area (Å²) in [5.41, 5.74) is 1.05. The molecule has 0 aliphatic rings. The van der Waals surface area contributed by atoms with Gasteiger partial charge < -0.3 is 4.74 Å². The van der Waals surface area contributed by atoms with E-state index in [-0.39, 0.29) is 0 Å². The highest BCUT2D eigenvalue weighted by Gasteiger charge is 2.03. The van der Waals surface area contributed by atoms with Crippen LogP contribution in [0.2, 0.25) is 0 Å². The number of hydrogen-bond acceptors (Lipinski definition) is 2. The molecule has 2 heterocycles. The number of fused-ring (bicyclic) bond motifs is 1. The Morgan fingerprint density at radius 2 is 1.88 bits per heavy atom. The maximum atomic E-state index is 5.77. The van der Waals surface area contributed by atoms with Crippen LogP contribution in [0.3, 0.4) is 0 Å². The van der Waals surface area contributed by atoms with Crippen LogP contribution in [-0.2, 0) is 0 Å². The van der Waals surface area contributed by atoms with Crippen molar-refractivity contribution in [3.63, 3.8) is 0 Å². The highest BCUT2D eigenvalue weighted by Crippen LogP contribution is 2.24. The Morgan fingerprint density at radius 1 is 1.06 bits per heavy atom. The second kappa shape index (κ2) is 4.37. The van der Waals surface area contributed by atoms with Crippen molar-refractivity contribution < 1.29 is 4.74 Å². The van der Waals surface area contributed by atoms with Crippen molar-refractivity contribution in [2.75, 3.05) is 0 Å². The molecule has 0 unspecified atom stereocenters. The molecule has 84 valence electrons. The number of rotatable bonds is 2. The number of benzene rings is 1. The van der Waals surface area contributed by atoms with Crippen LogP contribution >= 0.6 is 22.6 Å². The Kier molecular flexibility index (Phi) is 2.72. The van der Waals surface area contributed by atoms with Gasteiger partial charge in [0.2, 0.25) is 0 Å². The molecule has 0 aliphatic carbocycles. The summed E-state index contributed by atoms with van der Waals surface area (Å²) >= 11 is 2.26. The summed E-state index contributed by atoms with van der Waals surface area (Å²) in [6, 6.07) is 13.6. The number of hydrogen-bond donors (Lipinski definition) is 0. The fourth-order valence-electron chi connectivity index (χ4n) is 1.62. The van der Waals surface area contributed by atoms with E-state index in [1.54, 1.807) is 0 Å². The van der Waals surface area contributed by atoms with E-state index < -0.39 is 0 Å². The number of ether oxygens (including phenoxy) is 1. The van der Waals surface area contributed by atoms with E-state index in [2.05, 4.69) is 27.7 Å². The molecule has 3 nitrogen and oxygen atoms in total. The standard InChI is InChI=1S/C13H9IN2O/c14-12-9-15-16-7-6-11(8-13(12)16)17-10-4-2-1-3-5-10/h1-9H. The first-order valence-corrected chi connectivity index (χ1v) is 6.26. The predicted octanol–water partition coefficient (Wildman–Crippen LogP) is 3.73. The summed E-state index contributed by atoms with van der Waals surface area (Å²) < 4.78 is 8.71. The van der Waals surface area contributed by atoms with Gasteiger partial charge in [0.1, 0.15) is 11.5 Å². The van der Waals surface area contributed by atoms with Gasteiger partial charge in [0, 0.05) is 12.3 Å². The molecule has 0 N–H and O–H groups in total. The molecular weight excluding hydrogens is 327 g/mol. The van der Waals surface area contributed by atoms with Gasteiger partial charge in [0.15, 0.2) is 0 Å². The van der Waals surface area contributed by atoms with Gasteiger partial charge in [0.05, 0.1) is 15.3 Å². The Hall–Kier alpha value is -1.56. The highest BCUT2D eigenvalue weighted by atomic mass is 127. The minimum atomic E-state index is 0.821. The third-order valence-corrected chi connectivity index (χ3v) is 3.26. The first-order valence-electron chi connectivity index (χ1n) is 5.19. The van der Waals surface area contributed by atoms with E-state index in [4.69, 9.17) is 4.74 Å². The molecule has 4 heteroatoms. The van der Waals surface area contributed by atoms with Gasteiger partial charge in [0.25, 0.3) is 0 Å². The van der Waals surface area contributed by atoms with Crippen LogP contribution in [0.25, 0.3) is 5.52 Å². The number of nitrogens with zero attached hydrogens (tertiary/aromatic N) is 2. The van der Waals surface area contributed by atoms with E-state index in [0.29, 0.717) is 0 Å². The highest BCUT2D eigenvalue weighted by molar-refractivity contribution is 14.1. The molecule has 0 bridgehead atoms. The summed E-state index contributed by atoms with van der Waals surface area (Å²) in [4.78, 5) is 0. The van der Waals surface area contributed by atoms with E-state index in [9.17, 15) is 0 Å². The number of halogens is 1. The normalized spacial score (nSPS) is 10.6. The molecule has 0 aliphatic heterocycles. The molecule has 1 aromatic carbocycles.